The summed E-state index contributed by atoms with van der Waals surface area (Å²) < 4.78 is 24.1. The van der Waals surface area contributed by atoms with Crippen LogP contribution in [-0.2, 0) is 38.1 Å². The van der Waals surface area contributed by atoms with Gasteiger partial charge in [0.05, 0.1) is 0 Å². The zero-order chi connectivity index (χ0) is 31.7. The summed E-state index contributed by atoms with van der Waals surface area (Å²) in [7, 11) is 0. The molecular formula is C35H44O8. The fourth-order valence-corrected chi connectivity index (χ4v) is 8.07. The monoisotopic (exact) mass is 592 g/mol. The van der Waals surface area contributed by atoms with Gasteiger partial charge in [-0.15, -0.1) is 0 Å². The predicted octanol–water partition coefficient (Wildman–Crippen LogP) is 6.15. The fourth-order valence-electron chi connectivity index (χ4n) is 8.07. The van der Waals surface area contributed by atoms with Gasteiger partial charge in [-0.25, -0.2) is 4.79 Å². The van der Waals surface area contributed by atoms with E-state index in [2.05, 4.69) is 13.5 Å². The fraction of sp³-hybridized carbons (Fsp3) is 0.543. The third kappa shape index (κ3) is 6.78. The van der Waals surface area contributed by atoms with Gasteiger partial charge in [0.25, 0.3) is 0 Å². The maximum absolute atomic E-state index is 13.0. The zero-order valence-corrected chi connectivity index (χ0v) is 26.3. The third-order valence-electron chi connectivity index (χ3n) is 9.49. The maximum Gasteiger partial charge on any atom is 0.331 e. The van der Waals surface area contributed by atoms with Crippen molar-refractivity contribution in [3.8, 4) is 0 Å². The molecule has 0 heterocycles. The second kappa shape index (κ2) is 12.5. The van der Waals surface area contributed by atoms with Crippen LogP contribution in [0.5, 0.6) is 0 Å². The van der Waals surface area contributed by atoms with Crippen LogP contribution in [-0.4, -0.2) is 48.3 Å². The van der Waals surface area contributed by atoms with Crippen molar-refractivity contribution in [3.05, 3.63) is 65.3 Å². The van der Waals surface area contributed by atoms with E-state index in [0.717, 1.165) is 16.7 Å². The first-order chi connectivity index (χ1) is 20.1. The highest BCUT2D eigenvalue weighted by Crippen LogP contribution is 2.60. The molecular weight excluding hydrogens is 548 g/mol. The maximum atomic E-state index is 13.0. The summed E-state index contributed by atoms with van der Waals surface area (Å²) in [5, 5.41) is 0. The van der Waals surface area contributed by atoms with Gasteiger partial charge in [0.2, 0.25) is 0 Å². The summed E-state index contributed by atoms with van der Waals surface area (Å²) in [5.41, 5.74) is 2.24. The molecule has 0 radical (unpaired) electrons. The Morgan fingerprint density at radius 3 is 2.12 bits per heavy atom. The van der Waals surface area contributed by atoms with Gasteiger partial charge < -0.3 is 18.9 Å². The summed E-state index contributed by atoms with van der Waals surface area (Å²) in [6.07, 6.45) is 2.62. The minimum absolute atomic E-state index is 0.385. The first kappa shape index (κ1) is 32.2. The van der Waals surface area contributed by atoms with Gasteiger partial charge in [-0.05, 0) is 59.8 Å². The van der Waals surface area contributed by atoms with Gasteiger partial charge in [-0.3, -0.25) is 14.4 Å². The summed E-state index contributed by atoms with van der Waals surface area (Å²) in [4.78, 5) is 50.4. The molecule has 0 N–H and O–H groups in total. The number of rotatable bonds is 6. The van der Waals surface area contributed by atoms with Crippen molar-refractivity contribution < 1.29 is 38.1 Å². The van der Waals surface area contributed by atoms with Crippen LogP contribution in [0.4, 0.5) is 0 Å². The van der Waals surface area contributed by atoms with E-state index in [9.17, 15) is 19.2 Å². The number of fused-ring (bicyclic) bond motifs is 3. The molecule has 3 aliphatic rings. The summed E-state index contributed by atoms with van der Waals surface area (Å²) in [6, 6.07) is 9.46. The Bertz CT molecular complexity index is 1340. The van der Waals surface area contributed by atoms with Crippen molar-refractivity contribution >= 4 is 30.0 Å². The van der Waals surface area contributed by atoms with E-state index < -0.39 is 65.0 Å². The van der Waals surface area contributed by atoms with Crippen molar-refractivity contribution in [1.82, 2.24) is 0 Å². The molecule has 7 atom stereocenters. The van der Waals surface area contributed by atoms with E-state index in [-0.39, 0.29) is 5.97 Å². The summed E-state index contributed by atoms with van der Waals surface area (Å²) >= 11 is 0. The lowest BCUT2D eigenvalue weighted by Gasteiger charge is -2.58. The van der Waals surface area contributed by atoms with Crippen LogP contribution in [0.3, 0.4) is 0 Å². The van der Waals surface area contributed by atoms with Gasteiger partial charge in [0.1, 0.15) is 24.4 Å². The molecule has 1 aromatic rings. The van der Waals surface area contributed by atoms with E-state index in [1.165, 1.54) is 26.8 Å². The Morgan fingerprint density at radius 2 is 1.51 bits per heavy atom. The summed E-state index contributed by atoms with van der Waals surface area (Å²) in [6.45, 7) is 16.7. The topological polar surface area (TPSA) is 105 Å². The Hall–Kier alpha value is -3.68. The third-order valence-corrected chi connectivity index (χ3v) is 9.49. The molecule has 2 fully saturated rings. The van der Waals surface area contributed by atoms with E-state index in [0.29, 0.717) is 31.3 Å². The Morgan fingerprint density at radius 1 is 0.884 bits per heavy atom. The highest BCUT2D eigenvalue weighted by atomic mass is 16.6. The molecule has 43 heavy (non-hydrogen) atoms. The van der Waals surface area contributed by atoms with Crippen molar-refractivity contribution in [2.45, 2.75) is 98.6 Å². The number of carbonyl (C=O) groups excluding carboxylic acids is 4. The van der Waals surface area contributed by atoms with Crippen LogP contribution in [0, 0.1) is 22.7 Å². The number of ether oxygens (including phenoxy) is 4. The van der Waals surface area contributed by atoms with Gasteiger partial charge in [-0.1, -0.05) is 63.3 Å². The number of esters is 4. The molecule has 0 aliphatic heterocycles. The van der Waals surface area contributed by atoms with Crippen molar-refractivity contribution in [2.75, 3.05) is 0 Å². The van der Waals surface area contributed by atoms with Crippen LogP contribution in [0.2, 0.25) is 0 Å². The first-order valence-corrected chi connectivity index (χ1v) is 15.0. The molecule has 1 aromatic carbocycles. The molecule has 0 unspecified atom stereocenters. The van der Waals surface area contributed by atoms with Gasteiger partial charge >= 0.3 is 23.9 Å². The number of carbonyl (C=O) groups is 4. The number of hydrogen-bond acceptors (Lipinski definition) is 8. The van der Waals surface area contributed by atoms with Crippen LogP contribution >= 0.6 is 0 Å². The van der Waals surface area contributed by atoms with Crippen LogP contribution in [0.15, 0.2) is 59.7 Å². The Balaban J connectivity index is 1.79. The molecule has 2 bridgehead atoms. The molecule has 0 aromatic heterocycles. The Kier molecular flexibility index (Phi) is 9.38. The van der Waals surface area contributed by atoms with E-state index >= 15 is 0 Å². The molecule has 0 amide bonds. The predicted molar refractivity (Wildman–Crippen MR) is 161 cm³/mol. The molecule has 8 nitrogen and oxygen atoms in total. The minimum Gasteiger partial charge on any atom is -0.462 e. The number of benzene rings is 1. The molecule has 2 saturated carbocycles. The van der Waals surface area contributed by atoms with Crippen molar-refractivity contribution in [2.24, 2.45) is 22.7 Å². The molecule has 3 aliphatic carbocycles. The highest BCUT2D eigenvalue weighted by Gasteiger charge is 2.61. The van der Waals surface area contributed by atoms with Crippen molar-refractivity contribution in [3.63, 3.8) is 0 Å². The van der Waals surface area contributed by atoms with E-state index in [4.69, 9.17) is 18.9 Å². The molecule has 232 valence electrons. The van der Waals surface area contributed by atoms with Gasteiger partial charge in [0, 0.05) is 45.1 Å². The SMILES string of the molecule is C=C1[C@@H](OC(=O)/C=C/c2ccccc2)CC[C@@]2(C)C[C@H](OC(C)=O)C3=C(C)C[C@H](OC(C)=O)[C@@H]([C@@H](OC(C)=O)[C@H]12)C3(C)C. The quantitative estimate of drug-likeness (QED) is 0.168. The van der Waals surface area contributed by atoms with Gasteiger partial charge in [0.15, 0.2) is 0 Å². The smallest absolute Gasteiger partial charge is 0.331 e. The molecule has 8 heteroatoms. The average molecular weight is 593 g/mol. The van der Waals surface area contributed by atoms with E-state index in [1.54, 1.807) is 6.08 Å². The summed E-state index contributed by atoms with van der Waals surface area (Å²) in [5.74, 6) is -2.73. The molecule has 4 rings (SSSR count). The standard InChI is InChI=1S/C35H44O8/c1-20-18-27(40-22(3)36)32-33(42-24(5)38)31-21(2)26(43-29(39)15-14-25-12-10-9-11-13-25)16-17-35(31,8)19-28(41-23(4)37)30(20)34(32,6)7/h9-15,26-28,31-33H,2,16-19H2,1,3-8H3/b15-14+/t26-,27-,28-,31-,32-,33-,35-/m0/s1. The highest BCUT2D eigenvalue weighted by molar-refractivity contribution is 5.87. The lowest BCUT2D eigenvalue weighted by Crippen LogP contribution is -2.60. The lowest BCUT2D eigenvalue weighted by atomic mass is 9.50. The first-order valence-electron chi connectivity index (χ1n) is 15.0. The van der Waals surface area contributed by atoms with Crippen molar-refractivity contribution in [1.29, 1.82) is 0 Å². The van der Waals surface area contributed by atoms with Gasteiger partial charge in [-0.2, -0.15) is 0 Å². The van der Waals surface area contributed by atoms with Crippen LogP contribution in [0.1, 0.15) is 79.7 Å². The lowest BCUT2D eigenvalue weighted by molar-refractivity contribution is -0.185. The largest absolute Gasteiger partial charge is 0.462 e. The normalized spacial score (nSPS) is 31.7. The second-order valence-corrected chi connectivity index (χ2v) is 13.1. The second-order valence-electron chi connectivity index (χ2n) is 13.1. The molecule has 0 saturated heterocycles. The van der Waals surface area contributed by atoms with E-state index in [1.807, 2.05) is 51.1 Å². The average Bonchev–Trinajstić information content (AvgIpc) is 2.87. The van der Waals surface area contributed by atoms with Crippen LogP contribution < -0.4 is 0 Å². The molecule has 0 spiro atoms. The number of hydrogen-bond donors (Lipinski definition) is 0. The minimum atomic E-state index is -0.739. The Labute approximate surface area is 254 Å². The van der Waals surface area contributed by atoms with Crippen LogP contribution in [0.25, 0.3) is 6.08 Å². The zero-order valence-electron chi connectivity index (χ0n) is 26.3.